The number of hydrogen-bond donors (Lipinski definition) is 2. The molecular weight excluding hydrogens is 452 g/mol. The number of halogens is 1. The minimum absolute atomic E-state index is 0.102. The lowest BCUT2D eigenvalue weighted by Gasteiger charge is -2.13. The molecule has 1 amide bonds. The number of rotatable bonds is 9. The quantitative estimate of drug-likeness (QED) is 0.473. The molecule has 0 aliphatic heterocycles. The van der Waals surface area contributed by atoms with Gasteiger partial charge in [-0.15, -0.1) is 0 Å². The summed E-state index contributed by atoms with van der Waals surface area (Å²) in [6.07, 6.45) is 1.67. The highest BCUT2D eigenvalue weighted by Gasteiger charge is 2.15. The van der Waals surface area contributed by atoms with Crippen LogP contribution >= 0.6 is 11.6 Å². The van der Waals surface area contributed by atoms with Gasteiger partial charge in [-0.2, -0.15) is 0 Å². The van der Waals surface area contributed by atoms with E-state index in [0.717, 1.165) is 17.6 Å². The molecule has 0 aliphatic carbocycles. The van der Waals surface area contributed by atoms with Crippen LogP contribution in [0.2, 0.25) is 5.02 Å². The lowest BCUT2D eigenvalue weighted by molar-refractivity contribution is 0.102. The van der Waals surface area contributed by atoms with E-state index in [2.05, 4.69) is 10.0 Å². The van der Waals surface area contributed by atoms with E-state index in [4.69, 9.17) is 21.1 Å². The van der Waals surface area contributed by atoms with E-state index >= 15 is 0 Å². The van der Waals surface area contributed by atoms with Crippen LogP contribution in [0.15, 0.2) is 66.7 Å². The highest BCUT2D eigenvalue weighted by Crippen LogP contribution is 2.24. The number of para-hydroxylation sites is 1. The van der Waals surface area contributed by atoms with Crippen molar-refractivity contribution in [3.8, 4) is 11.5 Å². The Balaban J connectivity index is 1.68. The first-order valence-electron chi connectivity index (χ1n) is 9.68. The molecule has 0 heterocycles. The minimum Gasteiger partial charge on any atom is -0.496 e. The van der Waals surface area contributed by atoms with Gasteiger partial charge in [0.05, 0.1) is 31.2 Å². The molecule has 0 bridgehead atoms. The van der Waals surface area contributed by atoms with Crippen LogP contribution in [0.1, 0.15) is 15.9 Å². The molecule has 32 heavy (non-hydrogen) atoms. The van der Waals surface area contributed by atoms with Crippen LogP contribution in [0.3, 0.4) is 0 Å². The van der Waals surface area contributed by atoms with Gasteiger partial charge in [-0.3, -0.25) is 9.52 Å². The zero-order valence-corrected chi connectivity index (χ0v) is 19.2. The van der Waals surface area contributed by atoms with Gasteiger partial charge in [0.2, 0.25) is 10.0 Å². The predicted octanol–water partition coefficient (Wildman–Crippen LogP) is 4.59. The normalized spacial score (nSPS) is 11.0. The number of sulfonamides is 1. The lowest BCUT2D eigenvalue weighted by atomic mass is 10.1. The summed E-state index contributed by atoms with van der Waals surface area (Å²) in [4.78, 5) is 12.8. The fourth-order valence-corrected chi connectivity index (χ4v) is 3.79. The number of ether oxygens (including phenoxy) is 2. The van der Waals surface area contributed by atoms with Gasteiger partial charge in [-0.25, -0.2) is 8.42 Å². The topological polar surface area (TPSA) is 93.7 Å². The highest BCUT2D eigenvalue weighted by molar-refractivity contribution is 7.92. The SMILES string of the molecule is COc1ccccc1CCOc1cccc(NC(=O)c2cc(Cl)ccc2NS(C)(=O)=O)c1. The van der Waals surface area contributed by atoms with Gasteiger partial charge in [0.15, 0.2) is 0 Å². The molecule has 0 unspecified atom stereocenters. The lowest BCUT2D eigenvalue weighted by Crippen LogP contribution is -2.17. The van der Waals surface area contributed by atoms with Crippen molar-refractivity contribution < 1.29 is 22.7 Å². The van der Waals surface area contributed by atoms with E-state index in [1.165, 1.54) is 18.2 Å². The third kappa shape index (κ3) is 6.63. The summed E-state index contributed by atoms with van der Waals surface area (Å²) in [5.41, 5.74) is 1.77. The molecule has 0 spiro atoms. The number of methoxy groups -OCH3 is 1. The molecule has 0 radical (unpaired) electrons. The summed E-state index contributed by atoms with van der Waals surface area (Å²) in [7, 11) is -1.94. The molecule has 3 aromatic carbocycles. The second-order valence-electron chi connectivity index (χ2n) is 6.96. The molecule has 0 aromatic heterocycles. The van der Waals surface area contributed by atoms with Crippen LogP contribution in [0.4, 0.5) is 11.4 Å². The summed E-state index contributed by atoms with van der Waals surface area (Å²) in [5.74, 6) is 0.875. The molecule has 3 rings (SSSR count). The van der Waals surface area contributed by atoms with Gasteiger partial charge in [0.25, 0.3) is 5.91 Å². The maximum atomic E-state index is 12.8. The van der Waals surface area contributed by atoms with E-state index in [9.17, 15) is 13.2 Å². The average Bonchev–Trinajstić information content (AvgIpc) is 2.74. The van der Waals surface area contributed by atoms with Crippen LogP contribution in [0.25, 0.3) is 0 Å². The number of amides is 1. The maximum Gasteiger partial charge on any atom is 0.257 e. The maximum absolute atomic E-state index is 12.8. The molecule has 0 aliphatic rings. The van der Waals surface area contributed by atoms with Gasteiger partial charge >= 0.3 is 0 Å². The van der Waals surface area contributed by atoms with Crippen molar-refractivity contribution in [1.29, 1.82) is 0 Å². The smallest absolute Gasteiger partial charge is 0.257 e. The van der Waals surface area contributed by atoms with E-state index in [-0.39, 0.29) is 11.3 Å². The predicted molar refractivity (Wildman–Crippen MR) is 127 cm³/mol. The summed E-state index contributed by atoms with van der Waals surface area (Å²) < 4.78 is 36.7. The Morgan fingerprint density at radius 1 is 1.03 bits per heavy atom. The first-order chi connectivity index (χ1) is 15.2. The number of anilines is 2. The van der Waals surface area contributed by atoms with Crippen molar-refractivity contribution in [1.82, 2.24) is 0 Å². The molecule has 3 aromatic rings. The van der Waals surface area contributed by atoms with Gasteiger partial charge < -0.3 is 14.8 Å². The van der Waals surface area contributed by atoms with Crippen molar-refractivity contribution in [2.75, 3.05) is 30.0 Å². The zero-order valence-electron chi connectivity index (χ0n) is 17.6. The van der Waals surface area contributed by atoms with E-state index < -0.39 is 15.9 Å². The zero-order chi connectivity index (χ0) is 23.1. The highest BCUT2D eigenvalue weighted by atomic mass is 35.5. The number of carbonyl (C=O) groups excluding carboxylic acids is 1. The molecule has 0 saturated carbocycles. The van der Waals surface area contributed by atoms with Gasteiger partial charge in [-0.1, -0.05) is 35.9 Å². The molecule has 2 N–H and O–H groups in total. The van der Waals surface area contributed by atoms with Crippen LogP contribution in [0, 0.1) is 0 Å². The molecular formula is C23H23ClN2O5S. The van der Waals surface area contributed by atoms with Gasteiger partial charge in [0, 0.05) is 23.2 Å². The third-order valence-electron chi connectivity index (χ3n) is 4.45. The number of benzene rings is 3. The van der Waals surface area contributed by atoms with Gasteiger partial charge in [0.1, 0.15) is 11.5 Å². The van der Waals surface area contributed by atoms with Crippen LogP contribution in [0.5, 0.6) is 11.5 Å². The first-order valence-corrected chi connectivity index (χ1v) is 12.0. The number of nitrogens with one attached hydrogen (secondary N) is 2. The summed E-state index contributed by atoms with van der Waals surface area (Å²) in [6, 6.07) is 19.0. The van der Waals surface area contributed by atoms with Crippen LogP contribution in [-0.2, 0) is 16.4 Å². The van der Waals surface area contributed by atoms with Crippen molar-refractivity contribution in [2.24, 2.45) is 0 Å². The minimum atomic E-state index is -3.57. The van der Waals surface area contributed by atoms with E-state index in [1.54, 1.807) is 31.4 Å². The Labute approximate surface area is 192 Å². The first kappa shape index (κ1) is 23.4. The molecule has 168 valence electrons. The molecule has 9 heteroatoms. The average molecular weight is 475 g/mol. The van der Waals surface area contributed by atoms with Crippen molar-refractivity contribution in [2.45, 2.75) is 6.42 Å². The van der Waals surface area contributed by atoms with Crippen molar-refractivity contribution in [3.63, 3.8) is 0 Å². The Morgan fingerprint density at radius 2 is 1.81 bits per heavy atom. The van der Waals surface area contributed by atoms with E-state index in [0.29, 0.717) is 29.5 Å². The van der Waals surface area contributed by atoms with E-state index in [1.807, 2.05) is 24.3 Å². The summed E-state index contributed by atoms with van der Waals surface area (Å²) in [6.45, 7) is 0.425. The Bertz CT molecular complexity index is 1210. The van der Waals surface area contributed by atoms with Gasteiger partial charge in [-0.05, 0) is 42.0 Å². The summed E-state index contributed by atoms with van der Waals surface area (Å²) >= 11 is 6.00. The number of carbonyl (C=O) groups is 1. The van der Waals surface area contributed by atoms with Crippen LogP contribution in [-0.4, -0.2) is 34.3 Å². The molecule has 0 saturated heterocycles. The fraction of sp³-hybridized carbons (Fsp3) is 0.174. The molecule has 7 nitrogen and oxygen atoms in total. The van der Waals surface area contributed by atoms with Crippen molar-refractivity contribution >= 4 is 38.9 Å². The molecule has 0 atom stereocenters. The second kappa shape index (κ2) is 10.4. The monoisotopic (exact) mass is 474 g/mol. The largest absolute Gasteiger partial charge is 0.496 e. The van der Waals surface area contributed by atoms with Crippen molar-refractivity contribution in [3.05, 3.63) is 82.9 Å². The Hall–Kier alpha value is -3.23. The third-order valence-corrected chi connectivity index (χ3v) is 5.27. The fourth-order valence-electron chi connectivity index (χ4n) is 3.04. The molecule has 0 fully saturated rings. The standard InChI is InChI=1S/C23H23ClN2O5S/c1-30-22-9-4-3-6-16(22)12-13-31-19-8-5-7-18(15-19)25-23(27)20-14-17(24)10-11-21(20)26-32(2,28)29/h3-11,14-15,26H,12-13H2,1-2H3,(H,25,27). The van der Waals surface area contributed by atoms with Crippen LogP contribution < -0.4 is 19.5 Å². The Morgan fingerprint density at radius 3 is 2.56 bits per heavy atom. The summed E-state index contributed by atoms with van der Waals surface area (Å²) in [5, 5.41) is 3.05. The Kier molecular flexibility index (Phi) is 7.61. The second-order valence-corrected chi connectivity index (χ2v) is 9.14. The number of hydrogen-bond acceptors (Lipinski definition) is 5.